The number of hydrogen-bond acceptors (Lipinski definition) is 0. The average Bonchev–Trinajstić information content (AvgIpc) is 2.19. The van der Waals surface area contributed by atoms with E-state index in [0.717, 1.165) is 6.42 Å². The zero-order valence-corrected chi connectivity index (χ0v) is 9.51. The van der Waals surface area contributed by atoms with E-state index in [1.165, 1.54) is 29.5 Å². The van der Waals surface area contributed by atoms with E-state index in [0.29, 0.717) is 0 Å². The van der Waals surface area contributed by atoms with Crippen LogP contribution in [0.2, 0.25) is 0 Å². The van der Waals surface area contributed by atoms with Crippen LogP contribution in [0, 0.1) is 0 Å². The molecule has 0 saturated heterocycles. The smallest absolute Gasteiger partial charge is 0.0257 e. The van der Waals surface area contributed by atoms with Crippen LogP contribution < -0.4 is 0 Å². The molecule has 0 bridgehead atoms. The first-order valence-corrected chi connectivity index (χ1v) is 5.56. The lowest BCUT2D eigenvalue weighted by Crippen LogP contribution is -1.92. The summed E-state index contributed by atoms with van der Waals surface area (Å²) in [6.45, 7) is 6.53. The fourth-order valence-corrected chi connectivity index (χ4v) is 1.79. The van der Waals surface area contributed by atoms with Crippen molar-refractivity contribution in [3.05, 3.63) is 41.0 Å². The van der Waals surface area contributed by atoms with Crippen LogP contribution >= 0.6 is 0 Å². The maximum absolute atomic E-state index is 2.32. The minimum atomic E-state index is 1.14. The van der Waals surface area contributed by atoms with Crippen LogP contribution in [0.4, 0.5) is 0 Å². The lowest BCUT2D eigenvalue weighted by atomic mass is 9.98. The van der Waals surface area contributed by atoms with Crippen molar-refractivity contribution >= 4 is 6.08 Å². The molecule has 0 saturated carbocycles. The Kier molecular flexibility index (Phi) is 4.45. The van der Waals surface area contributed by atoms with E-state index >= 15 is 0 Å². The van der Waals surface area contributed by atoms with Crippen molar-refractivity contribution in [3.8, 4) is 0 Å². The van der Waals surface area contributed by atoms with E-state index in [2.05, 4.69) is 51.1 Å². The van der Waals surface area contributed by atoms with Gasteiger partial charge < -0.3 is 0 Å². The van der Waals surface area contributed by atoms with Crippen molar-refractivity contribution in [3.63, 3.8) is 0 Å². The Balaban J connectivity index is 3.00. The van der Waals surface area contributed by atoms with E-state index in [4.69, 9.17) is 0 Å². The van der Waals surface area contributed by atoms with Gasteiger partial charge in [0.2, 0.25) is 0 Å². The van der Waals surface area contributed by atoms with Gasteiger partial charge in [0.15, 0.2) is 0 Å². The first-order chi connectivity index (χ1) is 6.81. The Hall–Kier alpha value is -1.04. The Bertz CT molecular complexity index is 308. The summed E-state index contributed by atoms with van der Waals surface area (Å²) in [4.78, 5) is 0. The Morgan fingerprint density at radius 1 is 1.14 bits per heavy atom. The second-order valence-corrected chi connectivity index (χ2v) is 3.63. The quantitative estimate of drug-likeness (QED) is 0.663. The van der Waals surface area contributed by atoms with Gasteiger partial charge in [0.05, 0.1) is 0 Å². The molecule has 0 aliphatic rings. The predicted molar refractivity (Wildman–Crippen MR) is 64.5 cm³/mol. The number of hydrogen-bond donors (Lipinski definition) is 0. The van der Waals surface area contributed by atoms with E-state index in [1.807, 2.05) is 0 Å². The van der Waals surface area contributed by atoms with Crippen molar-refractivity contribution in [2.24, 2.45) is 0 Å². The molecule has 76 valence electrons. The Labute approximate surface area is 87.7 Å². The molecule has 0 heterocycles. The number of aryl methyl sites for hydroxylation is 2. The number of rotatable bonds is 4. The lowest BCUT2D eigenvalue weighted by Gasteiger charge is -2.07. The van der Waals surface area contributed by atoms with E-state index < -0.39 is 0 Å². The third-order valence-corrected chi connectivity index (χ3v) is 2.49. The van der Waals surface area contributed by atoms with Crippen molar-refractivity contribution < 1.29 is 0 Å². The third-order valence-electron chi connectivity index (χ3n) is 2.49. The van der Waals surface area contributed by atoms with Crippen molar-refractivity contribution in [1.82, 2.24) is 0 Å². The fourth-order valence-electron chi connectivity index (χ4n) is 1.79. The average molecular weight is 188 g/mol. The predicted octanol–water partition coefficient (Wildman–Crippen LogP) is 4.23. The monoisotopic (exact) mass is 188 g/mol. The summed E-state index contributed by atoms with van der Waals surface area (Å²) < 4.78 is 0. The summed E-state index contributed by atoms with van der Waals surface area (Å²) in [7, 11) is 0. The summed E-state index contributed by atoms with van der Waals surface area (Å²) in [6, 6.07) is 6.79. The van der Waals surface area contributed by atoms with E-state index in [9.17, 15) is 0 Å². The molecule has 0 N–H and O–H groups in total. The molecule has 0 spiro atoms. The van der Waals surface area contributed by atoms with Gasteiger partial charge in [-0.15, -0.1) is 0 Å². The highest BCUT2D eigenvalue weighted by Crippen LogP contribution is 2.15. The molecule has 0 aromatic heterocycles. The van der Waals surface area contributed by atoms with Crippen molar-refractivity contribution in [2.45, 2.75) is 40.0 Å². The highest BCUT2D eigenvalue weighted by atomic mass is 14.0. The molecular weight excluding hydrogens is 168 g/mol. The van der Waals surface area contributed by atoms with Crippen LogP contribution in [-0.2, 0) is 12.8 Å². The van der Waals surface area contributed by atoms with Crippen molar-refractivity contribution in [2.75, 3.05) is 0 Å². The molecule has 0 radical (unpaired) electrons. The number of allylic oxidation sites excluding steroid dienone is 1. The highest BCUT2D eigenvalue weighted by molar-refractivity contribution is 5.51. The van der Waals surface area contributed by atoms with Crippen LogP contribution in [0.1, 0.15) is 43.9 Å². The van der Waals surface area contributed by atoms with Crippen molar-refractivity contribution in [1.29, 1.82) is 0 Å². The van der Waals surface area contributed by atoms with Gasteiger partial charge >= 0.3 is 0 Å². The van der Waals surface area contributed by atoms with E-state index in [-0.39, 0.29) is 0 Å². The van der Waals surface area contributed by atoms with Gasteiger partial charge in [-0.2, -0.15) is 0 Å². The summed E-state index contributed by atoms with van der Waals surface area (Å²) in [5.41, 5.74) is 4.35. The van der Waals surface area contributed by atoms with Crippen LogP contribution in [-0.4, -0.2) is 0 Å². The first kappa shape index (κ1) is 11.0. The van der Waals surface area contributed by atoms with Crippen LogP contribution in [0.5, 0.6) is 0 Å². The van der Waals surface area contributed by atoms with Gasteiger partial charge in [-0.3, -0.25) is 0 Å². The fraction of sp³-hybridized carbons (Fsp3) is 0.429. The summed E-state index contributed by atoms with van der Waals surface area (Å²) >= 11 is 0. The lowest BCUT2D eigenvalue weighted by molar-refractivity contribution is 0.899. The minimum absolute atomic E-state index is 1.14. The van der Waals surface area contributed by atoms with Crippen LogP contribution in [0.15, 0.2) is 24.3 Å². The van der Waals surface area contributed by atoms with Gasteiger partial charge in [0, 0.05) is 0 Å². The minimum Gasteiger partial charge on any atom is -0.0871 e. The Morgan fingerprint density at radius 3 is 2.50 bits per heavy atom. The van der Waals surface area contributed by atoms with E-state index in [1.54, 1.807) is 0 Å². The molecular formula is C14H20. The highest BCUT2D eigenvalue weighted by Gasteiger charge is 1.99. The molecule has 0 fully saturated rings. The van der Waals surface area contributed by atoms with Gasteiger partial charge in [0.25, 0.3) is 0 Å². The zero-order chi connectivity index (χ0) is 10.4. The second kappa shape index (κ2) is 5.64. The maximum atomic E-state index is 2.32. The zero-order valence-electron chi connectivity index (χ0n) is 9.51. The number of benzene rings is 1. The summed E-state index contributed by atoms with van der Waals surface area (Å²) in [5.74, 6) is 0. The SMILES string of the molecule is C/C=C/c1ccc(CC)c(CCC)c1. The third kappa shape index (κ3) is 2.73. The molecule has 0 heteroatoms. The van der Waals surface area contributed by atoms with Gasteiger partial charge in [-0.1, -0.05) is 50.6 Å². The standard InChI is InChI=1S/C14H20/c1-4-7-12-9-10-13(6-3)14(11-12)8-5-2/h4,7,9-11H,5-6,8H2,1-3H3/b7-4+. The normalized spacial score (nSPS) is 11.1. The van der Waals surface area contributed by atoms with Gasteiger partial charge in [0.1, 0.15) is 0 Å². The molecule has 1 aromatic carbocycles. The van der Waals surface area contributed by atoms with Crippen LogP contribution in [0.25, 0.3) is 6.08 Å². The summed E-state index contributed by atoms with van der Waals surface area (Å²) in [6.07, 6.45) is 7.83. The molecule has 0 unspecified atom stereocenters. The molecule has 1 rings (SSSR count). The van der Waals surface area contributed by atoms with Crippen LogP contribution in [0.3, 0.4) is 0 Å². The summed E-state index contributed by atoms with van der Waals surface area (Å²) in [5, 5.41) is 0. The second-order valence-electron chi connectivity index (χ2n) is 3.63. The topological polar surface area (TPSA) is 0 Å². The van der Waals surface area contributed by atoms with Gasteiger partial charge in [-0.05, 0) is 36.5 Å². The maximum Gasteiger partial charge on any atom is -0.0257 e. The molecule has 0 aliphatic heterocycles. The largest absolute Gasteiger partial charge is 0.0871 e. The molecule has 0 atom stereocenters. The molecule has 0 amide bonds. The van der Waals surface area contributed by atoms with Gasteiger partial charge in [-0.25, -0.2) is 0 Å². The molecule has 1 aromatic rings. The first-order valence-electron chi connectivity index (χ1n) is 5.56. The molecule has 0 aliphatic carbocycles. The molecule has 0 nitrogen and oxygen atoms in total. The molecule has 14 heavy (non-hydrogen) atoms. The Morgan fingerprint density at radius 2 is 1.93 bits per heavy atom.